The normalized spacial score (nSPS) is 32.2. The Morgan fingerprint density at radius 1 is 1.03 bits per heavy atom. The third-order valence-corrected chi connectivity index (χ3v) is 8.14. The van der Waals surface area contributed by atoms with Gasteiger partial charge < -0.3 is 19.5 Å². The molecular weight excluding hydrogens is 390 g/mol. The molecule has 4 fully saturated rings. The summed E-state index contributed by atoms with van der Waals surface area (Å²) in [5.74, 6) is 3.97. The van der Waals surface area contributed by atoms with Crippen molar-refractivity contribution in [1.82, 2.24) is 5.32 Å². The van der Waals surface area contributed by atoms with Crippen molar-refractivity contribution in [1.29, 1.82) is 0 Å². The molecule has 31 heavy (non-hydrogen) atoms. The van der Waals surface area contributed by atoms with E-state index in [-0.39, 0.29) is 23.5 Å². The number of nitrogens with one attached hydrogen (secondary N) is 1. The van der Waals surface area contributed by atoms with Crippen LogP contribution in [0, 0.1) is 17.3 Å². The van der Waals surface area contributed by atoms with E-state index in [1.54, 1.807) is 7.11 Å². The molecule has 4 saturated carbocycles. The van der Waals surface area contributed by atoms with E-state index in [1.165, 1.54) is 24.8 Å². The number of amides is 1. The number of rotatable bonds is 5. The van der Waals surface area contributed by atoms with Gasteiger partial charge in [0.1, 0.15) is 5.75 Å². The van der Waals surface area contributed by atoms with Crippen LogP contribution >= 0.6 is 0 Å². The van der Waals surface area contributed by atoms with Crippen molar-refractivity contribution in [2.24, 2.45) is 17.3 Å². The molecular formula is C26H29NO4. The van der Waals surface area contributed by atoms with E-state index >= 15 is 0 Å². The Bertz CT molecular complexity index is 1000. The van der Waals surface area contributed by atoms with E-state index in [1.807, 2.05) is 18.2 Å². The summed E-state index contributed by atoms with van der Waals surface area (Å²) in [4.78, 5) is 13.6. The van der Waals surface area contributed by atoms with Gasteiger partial charge in [-0.3, -0.25) is 4.79 Å². The van der Waals surface area contributed by atoms with Crippen molar-refractivity contribution in [3.05, 3.63) is 53.6 Å². The molecule has 5 heteroatoms. The van der Waals surface area contributed by atoms with Crippen molar-refractivity contribution in [2.75, 3.05) is 13.9 Å². The number of carbonyl (C=O) groups excluding carboxylic acids is 1. The first-order valence-electron chi connectivity index (χ1n) is 11.4. The Labute approximate surface area is 183 Å². The van der Waals surface area contributed by atoms with Gasteiger partial charge in [0.05, 0.1) is 12.5 Å². The van der Waals surface area contributed by atoms with Gasteiger partial charge in [-0.25, -0.2) is 0 Å². The van der Waals surface area contributed by atoms with Gasteiger partial charge in [0.25, 0.3) is 0 Å². The summed E-state index contributed by atoms with van der Waals surface area (Å²) in [5, 5.41) is 3.28. The third-order valence-electron chi connectivity index (χ3n) is 8.14. The van der Waals surface area contributed by atoms with Crippen LogP contribution in [0.3, 0.4) is 0 Å². The zero-order chi connectivity index (χ0) is 21.1. The van der Waals surface area contributed by atoms with Crippen molar-refractivity contribution in [2.45, 2.75) is 50.5 Å². The zero-order valence-electron chi connectivity index (χ0n) is 18.0. The van der Waals surface area contributed by atoms with Gasteiger partial charge in [-0.05, 0) is 91.2 Å². The molecule has 1 amide bonds. The largest absolute Gasteiger partial charge is 0.497 e. The first-order valence-corrected chi connectivity index (χ1v) is 11.4. The third kappa shape index (κ3) is 3.08. The predicted octanol–water partition coefficient (Wildman–Crippen LogP) is 4.58. The minimum absolute atomic E-state index is 0.131. The van der Waals surface area contributed by atoms with Crippen molar-refractivity contribution in [3.63, 3.8) is 0 Å². The van der Waals surface area contributed by atoms with Crippen LogP contribution in [0.25, 0.3) is 0 Å². The van der Waals surface area contributed by atoms with Gasteiger partial charge >= 0.3 is 0 Å². The van der Waals surface area contributed by atoms with Crippen LogP contribution in [0.1, 0.15) is 49.7 Å². The van der Waals surface area contributed by atoms with E-state index in [0.717, 1.165) is 42.1 Å². The number of fused-ring (bicyclic) bond motifs is 1. The number of hydrogen-bond donors (Lipinski definition) is 1. The SMILES string of the molecule is COc1ccc(C23C[C@@H]4C[C@H](CC(C(=O)NCc5ccc6c(c5)OCO6)(C4)C2)C3)cc1. The van der Waals surface area contributed by atoms with Gasteiger partial charge in [-0.2, -0.15) is 0 Å². The number of benzene rings is 2. The number of ether oxygens (including phenoxy) is 3. The van der Waals surface area contributed by atoms with Gasteiger partial charge in [0, 0.05) is 6.54 Å². The first kappa shape index (κ1) is 19.0. The molecule has 0 spiro atoms. The molecule has 2 aromatic rings. The molecule has 1 N–H and O–H groups in total. The average Bonchev–Trinajstić information content (AvgIpc) is 3.24. The summed E-state index contributed by atoms with van der Waals surface area (Å²) >= 11 is 0. The topological polar surface area (TPSA) is 56.8 Å². The molecule has 0 saturated heterocycles. The predicted molar refractivity (Wildman–Crippen MR) is 116 cm³/mol. The Balaban J connectivity index is 1.23. The monoisotopic (exact) mass is 419 g/mol. The van der Waals surface area contributed by atoms with E-state index in [2.05, 4.69) is 29.6 Å². The van der Waals surface area contributed by atoms with E-state index < -0.39 is 0 Å². The molecule has 162 valence electrons. The van der Waals surface area contributed by atoms with Gasteiger partial charge in [0.15, 0.2) is 11.5 Å². The molecule has 0 aromatic heterocycles. The maximum Gasteiger partial charge on any atom is 0.231 e. The van der Waals surface area contributed by atoms with Crippen LogP contribution in [-0.4, -0.2) is 19.8 Å². The molecule has 2 aromatic carbocycles. The Morgan fingerprint density at radius 2 is 1.77 bits per heavy atom. The quantitative estimate of drug-likeness (QED) is 0.771. The Hall–Kier alpha value is -2.69. The van der Waals surface area contributed by atoms with E-state index in [4.69, 9.17) is 14.2 Å². The van der Waals surface area contributed by atoms with Crippen LogP contribution in [0.4, 0.5) is 0 Å². The highest BCUT2D eigenvalue weighted by Crippen LogP contribution is 2.65. The highest BCUT2D eigenvalue weighted by Gasteiger charge is 2.60. The minimum Gasteiger partial charge on any atom is -0.497 e. The average molecular weight is 420 g/mol. The minimum atomic E-state index is -0.236. The molecule has 5 nitrogen and oxygen atoms in total. The van der Waals surface area contributed by atoms with Crippen molar-refractivity contribution >= 4 is 5.91 Å². The Kier molecular flexibility index (Phi) is 4.24. The van der Waals surface area contributed by atoms with Gasteiger partial charge in [-0.1, -0.05) is 18.2 Å². The fourth-order valence-electron chi connectivity index (χ4n) is 7.23. The highest BCUT2D eigenvalue weighted by molar-refractivity contribution is 5.83. The maximum absolute atomic E-state index is 13.6. The summed E-state index contributed by atoms with van der Waals surface area (Å²) in [5.41, 5.74) is 2.33. The molecule has 7 rings (SSSR count). The standard InChI is InChI=1S/C26H29NO4/c1-29-21-5-3-20(4-6-21)25-10-18-8-19(11-25)13-26(12-18,15-25)24(28)27-14-17-2-7-22-23(9-17)31-16-30-22/h2-7,9,18-19H,8,10-16H2,1H3,(H,27,28)/t18-,19-,25?,26?/m0/s1. The first-order chi connectivity index (χ1) is 15.1. The highest BCUT2D eigenvalue weighted by atomic mass is 16.7. The molecule has 5 aliphatic rings. The lowest BCUT2D eigenvalue weighted by Gasteiger charge is -2.61. The number of hydrogen-bond acceptors (Lipinski definition) is 4. The summed E-state index contributed by atoms with van der Waals surface area (Å²) < 4.78 is 16.2. The summed E-state index contributed by atoms with van der Waals surface area (Å²) in [6.45, 7) is 0.798. The second kappa shape index (κ2) is 6.91. The number of carbonyl (C=O) groups is 1. The number of methoxy groups -OCH3 is 1. The molecule has 4 aliphatic carbocycles. The fraction of sp³-hybridized carbons (Fsp3) is 0.500. The van der Waals surface area contributed by atoms with Crippen LogP contribution in [0.5, 0.6) is 17.2 Å². The lowest BCUT2D eigenvalue weighted by atomic mass is 9.42. The smallest absolute Gasteiger partial charge is 0.231 e. The molecule has 2 atom stereocenters. The van der Waals surface area contributed by atoms with E-state index in [0.29, 0.717) is 18.4 Å². The van der Waals surface area contributed by atoms with Crippen LogP contribution in [0.2, 0.25) is 0 Å². The van der Waals surface area contributed by atoms with Gasteiger partial charge in [0.2, 0.25) is 12.7 Å². The van der Waals surface area contributed by atoms with Crippen molar-refractivity contribution in [3.8, 4) is 17.2 Å². The van der Waals surface area contributed by atoms with Crippen LogP contribution in [0.15, 0.2) is 42.5 Å². The van der Waals surface area contributed by atoms with Crippen LogP contribution in [-0.2, 0) is 16.8 Å². The molecule has 1 aliphatic heterocycles. The second-order valence-corrected chi connectivity index (χ2v) is 10.1. The lowest BCUT2D eigenvalue weighted by molar-refractivity contribution is -0.149. The molecule has 1 heterocycles. The summed E-state index contributed by atoms with van der Waals surface area (Å²) in [7, 11) is 1.71. The van der Waals surface area contributed by atoms with Gasteiger partial charge in [-0.15, -0.1) is 0 Å². The molecule has 0 radical (unpaired) electrons. The van der Waals surface area contributed by atoms with Crippen LogP contribution < -0.4 is 19.5 Å². The Morgan fingerprint density at radius 3 is 2.52 bits per heavy atom. The molecule has 4 bridgehead atoms. The lowest BCUT2D eigenvalue weighted by Crippen LogP contribution is -2.59. The van der Waals surface area contributed by atoms with Crippen molar-refractivity contribution < 1.29 is 19.0 Å². The molecule has 0 unspecified atom stereocenters. The second-order valence-electron chi connectivity index (χ2n) is 10.1. The summed E-state index contributed by atoms with van der Waals surface area (Å²) in [6, 6.07) is 14.5. The maximum atomic E-state index is 13.6. The van der Waals surface area contributed by atoms with E-state index in [9.17, 15) is 4.79 Å². The summed E-state index contributed by atoms with van der Waals surface area (Å²) in [6.07, 6.45) is 6.75. The fourth-order valence-corrected chi connectivity index (χ4v) is 7.23. The zero-order valence-corrected chi connectivity index (χ0v) is 18.0.